The summed E-state index contributed by atoms with van der Waals surface area (Å²) in [6.07, 6.45) is 0. The van der Waals surface area contributed by atoms with Crippen LogP contribution in [-0.4, -0.2) is 0 Å². The number of hydrogen-bond acceptors (Lipinski definition) is 1. The highest BCUT2D eigenvalue weighted by molar-refractivity contribution is 6.29. The van der Waals surface area contributed by atoms with Gasteiger partial charge in [0.1, 0.15) is 11.2 Å². The molecular formula is C50H30O. The van der Waals surface area contributed by atoms with E-state index in [1.807, 2.05) is 0 Å². The van der Waals surface area contributed by atoms with E-state index in [0.29, 0.717) is 0 Å². The van der Waals surface area contributed by atoms with Gasteiger partial charge in [0.05, 0.1) is 41.1 Å². The Labute approximate surface area is 336 Å². The highest BCUT2D eigenvalue weighted by Crippen LogP contribution is 2.49. The zero-order chi connectivity index (χ0) is 59.6. The summed E-state index contributed by atoms with van der Waals surface area (Å²) in [5, 5.41) is -8.38. The molecular weight excluding hydrogens is 617 g/mol. The molecule has 0 spiro atoms. The first-order valence-corrected chi connectivity index (χ1v) is 15.2. The summed E-state index contributed by atoms with van der Waals surface area (Å²) < 4.78 is 280. The Hall–Kier alpha value is -6.70. The third-order valence-corrected chi connectivity index (χ3v) is 8.64. The van der Waals surface area contributed by atoms with Gasteiger partial charge in [0.15, 0.2) is 0 Å². The summed E-state index contributed by atoms with van der Waals surface area (Å²) in [4.78, 5) is 0. The summed E-state index contributed by atoms with van der Waals surface area (Å²) in [5.41, 5.74) is -6.15. The molecule has 0 aliphatic carbocycles. The topological polar surface area (TPSA) is 13.1 Å². The van der Waals surface area contributed by atoms with E-state index in [4.69, 9.17) is 29.1 Å². The van der Waals surface area contributed by atoms with Gasteiger partial charge in [-0.3, -0.25) is 0 Å². The molecule has 1 heteroatoms. The zero-order valence-corrected chi connectivity index (χ0v) is 25.4. The van der Waals surface area contributed by atoms with Crippen LogP contribution in [0.5, 0.6) is 0 Å². The average molecular weight is 677 g/mol. The lowest BCUT2D eigenvalue weighted by molar-refractivity contribution is 0.669. The van der Waals surface area contributed by atoms with E-state index in [2.05, 4.69) is 0 Å². The van der Waals surface area contributed by atoms with Gasteiger partial charge < -0.3 is 4.42 Å². The van der Waals surface area contributed by atoms with Crippen LogP contribution >= 0.6 is 0 Å². The Morgan fingerprint density at radius 1 is 0.314 bits per heavy atom. The Bertz CT molecular complexity index is 4820. The van der Waals surface area contributed by atoms with Crippen molar-refractivity contribution in [3.8, 4) is 33.4 Å². The van der Waals surface area contributed by atoms with Crippen LogP contribution < -0.4 is 0 Å². The second-order valence-corrected chi connectivity index (χ2v) is 11.3. The van der Waals surface area contributed by atoms with Gasteiger partial charge in [-0.05, 0) is 105 Å². The summed E-state index contributed by atoms with van der Waals surface area (Å²) in [5.74, 6) is 0. The minimum atomic E-state index is -1.15. The minimum Gasteiger partial charge on any atom is -0.456 e. The molecule has 0 aliphatic rings. The van der Waals surface area contributed by atoms with Gasteiger partial charge in [-0.25, -0.2) is 0 Å². The second kappa shape index (κ2) is 10.9. The van der Waals surface area contributed by atoms with Crippen molar-refractivity contribution in [2.45, 2.75) is 0 Å². The lowest BCUT2D eigenvalue weighted by Gasteiger charge is -2.20. The first-order chi connectivity index (χ1) is 37.8. The number of benzene rings is 10. The predicted octanol–water partition coefficient (Wildman–Crippen LogP) is 14.4. The summed E-state index contributed by atoms with van der Waals surface area (Å²) in [7, 11) is 0. The van der Waals surface area contributed by atoms with Gasteiger partial charge in [0.2, 0.25) is 0 Å². The van der Waals surface area contributed by atoms with Gasteiger partial charge in [-0.1, -0.05) is 163 Å². The molecule has 0 aliphatic heterocycles. The Morgan fingerprint density at radius 3 is 1.59 bits per heavy atom. The van der Waals surface area contributed by atoms with Crippen LogP contribution in [-0.2, 0) is 0 Å². The largest absolute Gasteiger partial charge is 0.456 e. The van der Waals surface area contributed by atoms with Crippen molar-refractivity contribution in [3.63, 3.8) is 0 Å². The maximum atomic E-state index is 9.98. The maximum Gasteiger partial charge on any atom is 0.136 e. The van der Waals surface area contributed by atoms with Crippen LogP contribution in [0.25, 0.3) is 109 Å². The van der Waals surface area contributed by atoms with Crippen molar-refractivity contribution >= 4 is 75.8 Å². The van der Waals surface area contributed by atoms with Gasteiger partial charge >= 0.3 is 0 Å². The Balaban J connectivity index is 1.52. The zero-order valence-electron chi connectivity index (χ0n) is 55.4. The van der Waals surface area contributed by atoms with Crippen LogP contribution in [0, 0.1) is 0 Å². The highest BCUT2D eigenvalue weighted by Gasteiger charge is 2.22. The highest BCUT2D eigenvalue weighted by atomic mass is 16.3. The fraction of sp³-hybridized carbons (Fsp3) is 0. The molecule has 0 unspecified atom stereocenters. The number of furan rings is 1. The van der Waals surface area contributed by atoms with Crippen molar-refractivity contribution in [2.24, 2.45) is 0 Å². The second-order valence-electron chi connectivity index (χ2n) is 11.3. The lowest BCUT2D eigenvalue weighted by Crippen LogP contribution is -1.93. The lowest BCUT2D eigenvalue weighted by atomic mass is 9.82. The molecule has 51 heavy (non-hydrogen) atoms. The van der Waals surface area contributed by atoms with Gasteiger partial charge in [0, 0.05) is 10.8 Å². The maximum absolute atomic E-state index is 9.98. The molecule has 1 aromatic heterocycles. The van der Waals surface area contributed by atoms with Crippen LogP contribution in [0.1, 0.15) is 41.1 Å². The van der Waals surface area contributed by atoms with Gasteiger partial charge in [-0.2, -0.15) is 0 Å². The molecule has 11 aromatic rings. The van der Waals surface area contributed by atoms with Crippen molar-refractivity contribution in [3.05, 3.63) is 181 Å². The standard InChI is InChI=1S/C50H30O/c1-2-13-31(14-3-1)36-27-28-42(41-26-25-32-15-6-7-18-35(32)47(36)41)48-37-19-8-10-21-39(37)49(40-22-11-9-20-38(40)48)43-23-12-24-45-50(43)44-29-33-16-4-5-17-34(33)30-46(44)51-45/h1-30H/i1D,2D,3D,4D,5D,6D,7D,8D,9D,10D,11D,12D,13D,14D,15D,16D,17D,18D,19D,20D,21D,22D,23D,24D,25D,26D,27D,28D,29D,30D. The quantitative estimate of drug-likeness (QED) is 0.134. The normalized spacial score (nSPS) is 20.2. The summed E-state index contributed by atoms with van der Waals surface area (Å²) >= 11 is 0. The predicted molar refractivity (Wildman–Crippen MR) is 218 cm³/mol. The molecule has 0 radical (unpaired) electrons. The monoisotopic (exact) mass is 676 g/mol. The molecule has 0 fully saturated rings. The van der Waals surface area contributed by atoms with E-state index in [9.17, 15) is 16.4 Å². The Kier molecular flexibility index (Phi) is 2.50. The molecule has 1 nitrogen and oxygen atoms in total. The number of fused-ring (bicyclic) bond motifs is 9. The van der Waals surface area contributed by atoms with Crippen LogP contribution in [0.3, 0.4) is 0 Å². The Morgan fingerprint density at radius 2 is 0.882 bits per heavy atom. The van der Waals surface area contributed by atoms with Crippen molar-refractivity contribution in [2.75, 3.05) is 0 Å². The van der Waals surface area contributed by atoms with Crippen molar-refractivity contribution in [1.82, 2.24) is 0 Å². The van der Waals surface area contributed by atoms with Crippen LogP contribution in [0.2, 0.25) is 0 Å². The van der Waals surface area contributed by atoms with Crippen LogP contribution in [0.4, 0.5) is 0 Å². The third kappa shape index (κ3) is 4.16. The molecule has 0 saturated heterocycles. The molecule has 0 bridgehead atoms. The number of hydrogen-bond donors (Lipinski definition) is 0. The molecule has 0 saturated carbocycles. The fourth-order valence-corrected chi connectivity index (χ4v) is 6.57. The molecule has 1 heterocycles. The molecule has 236 valence electrons. The molecule has 11 rings (SSSR count). The van der Waals surface area contributed by atoms with Gasteiger partial charge in [0.25, 0.3) is 0 Å². The molecule has 0 N–H and O–H groups in total. The molecule has 10 aromatic carbocycles. The summed E-state index contributed by atoms with van der Waals surface area (Å²) in [6, 6.07) is -29.1. The molecule has 0 atom stereocenters. The van der Waals surface area contributed by atoms with E-state index in [1.165, 1.54) is 0 Å². The van der Waals surface area contributed by atoms with Crippen LogP contribution in [0.15, 0.2) is 186 Å². The van der Waals surface area contributed by atoms with E-state index in [0.717, 1.165) is 0 Å². The third-order valence-electron chi connectivity index (χ3n) is 8.64. The SMILES string of the molecule is [2H]c1c([2H])c([2H])c(-c2c([2H])c([2H])c(-c3c4c([2H])c([2H])c([2H])c([2H])c4c(-c4c([2H])c([2H])c([2H])c5oc6c([2H])c7c([2H])c([2H])c([2H])c([2H])c7c([2H])c6c45)c4c([2H])c([2H])c([2H])c([2H])c34)c3c([2H])c([2H])c4c([2H])c([2H])c([2H])c([2H])c4c23)c([2H])c1[2H]. The van der Waals surface area contributed by atoms with Crippen molar-refractivity contribution in [1.29, 1.82) is 0 Å². The van der Waals surface area contributed by atoms with Gasteiger partial charge in [-0.15, -0.1) is 0 Å². The first-order valence-electron chi connectivity index (χ1n) is 30.2. The molecule has 0 amide bonds. The van der Waals surface area contributed by atoms with E-state index in [1.54, 1.807) is 0 Å². The number of rotatable bonds is 3. The van der Waals surface area contributed by atoms with E-state index in [-0.39, 0.29) is 0 Å². The summed E-state index contributed by atoms with van der Waals surface area (Å²) in [6.45, 7) is 0. The smallest absolute Gasteiger partial charge is 0.136 e. The minimum absolute atomic E-state index is 0.510. The fourth-order valence-electron chi connectivity index (χ4n) is 6.57. The average Bonchev–Trinajstić information content (AvgIpc) is 3.90. The van der Waals surface area contributed by atoms with E-state index >= 15 is 0 Å². The van der Waals surface area contributed by atoms with Crippen molar-refractivity contribution < 1.29 is 45.5 Å². The first kappa shape index (κ1) is 11.7. The van der Waals surface area contributed by atoms with E-state index < -0.39 is 290 Å².